The van der Waals surface area contributed by atoms with E-state index in [9.17, 15) is 4.79 Å². The number of pyridine rings is 1. The summed E-state index contributed by atoms with van der Waals surface area (Å²) >= 11 is 0. The zero-order chi connectivity index (χ0) is 14.5. The Labute approximate surface area is 119 Å². The van der Waals surface area contributed by atoms with Gasteiger partial charge in [0.15, 0.2) is 0 Å². The number of hydrogen-bond donors (Lipinski definition) is 2. The van der Waals surface area contributed by atoms with E-state index in [0.29, 0.717) is 12.5 Å². The highest BCUT2D eigenvalue weighted by molar-refractivity contribution is 5.74. The monoisotopic (exact) mass is 274 g/mol. The molecule has 2 aromatic rings. The minimum Gasteiger partial charge on any atom is -0.338 e. The molecule has 0 radical (unpaired) electrons. The highest BCUT2D eigenvalue weighted by atomic mass is 16.2. The minimum absolute atomic E-state index is 0.116. The number of aromatic nitrogens is 2. The van der Waals surface area contributed by atoms with Gasteiger partial charge in [-0.1, -0.05) is 19.9 Å². The Balaban J connectivity index is 1.79. The quantitative estimate of drug-likeness (QED) is 0.878. The van der Waals surface area contributed by atoms with Crippen LogP contribution < -0.4 is 10.6 Å². The van der Waals surface area contributed by atoms with E-state index in [1.165, 1.54) is 0 Å². The number of urea groups is 1. The van der Waals surface area contributed by atoms with Crippen LogP contribution >= 0.6 is 0 Å². The van der Waals surface area contributed by atoms with Crippen LogP contribution in [0.3, 0.4) is 0 Å². The van der Waals surface area contributed by atoms with Gasteiger partial charge in [0, 0.05) is 31.4 Å². The van der Waals surface area contributed by atoms with Crippen molar-refractivity contribution in [1.29, 1.82) is 0 Å². The normalized spacial score (nSPS) is 12.6. The molecule has 0 aliphatic heterocycles. The van der Waals surface area contributed by atoms with Crippen molar-refractivity contribution in [3.63, 3.8) is 0 Å². The molecule has 0 saturated carbocycles. The smallest absolute Gasteiger partial charge is 0.315 e. The lowest BCUT2D eigenvalue weighted by Gasteiger charge is -2.17. The number of fused-ring (bicyclic) bond motifs is 1. The van der Waals surface area contributed by atoms with E-state index in [-0.39, 0.29) is 12.1 Å². The van der Waals surface area contributed by atoms with Crippen molar-refractivity contribution in [2.24, 2.45) is 5.92 Å². The molecule has 2 aromatic heterocycles. The Kier molecular flexibility index (Phi) is 4.61. The number of nitrogens with zero attached hydrogens (tertiary/aromatic N) is 2. The maximum Gasteiger partial charge on any atom is 0.315 e. The first-order valence-electron chi connectivity index (χ1n) is 7.03. The van der Waals surface area contributed by atoms with Crippen LogP contribution in [0, 0.1) is 5.92 Å². The fraction of sp³-hybridized carbons (Fsp3) is 0.467. The van der Waals surface area contributed by atoms with Gasteiger partial charge >= 0.3 is 6.03 Å². The molecule has 20 heavy (non-hydrogen) atoms. The highest BCUT2D eigenvalue weighted by Crippen LogP contribution is 2.04. The average Bonchev–Trinajstić information content (AvgIpc) is 2.81. The lowest BCUT2D eigenvalue weighted by Crippen LogP contribution is -2.43. The lowest BCUT2D eigenvalue weighted by molar-refractivity contribution is 0.234. The Morgan fingerprint density at radius 3 is 2.85 bits per heavy atom. The second-order valence-corrected chi connectivity index (χ2v) is 5.38. The van der Waals surface area contributed by atoms with Crippen LogP contribution in [0.25, 0.3) is 5.65 Å². The molecule has 5 nitrogen and oxygen atoms in total. The first-order chi connectivity index (χ1) is 9.56. The van der Waals surface area contributed by atoms with Crippen molar-refractivity contribution in [3.05, 3.63) is 36.3 Å². The molecule has 0 spiro atoms. The van der Waals surface area contributed by atoms with Crippen molar-refractivity contribution >= 4 is 11.7 Å². The van der Waals surface area contributed by atoms with Crippen LogP contribution in [-0.2, 0) is 6.42 Å². The van der Waals surface area contributed by atoms with Crippen LogP contribution in [0.1, 0.15) is 26.5 Å². The van der Waals surface area contributed by atoms with Gasteiger partial charge in [-0.05, 0) is 25.0 Å². The van der Waals surface area contributed by atoms with Gasteiger partial charge in [0.05, 0.1) is 5.69 Å². The summed E-state index contributed by atoms with van der Waals surface area (Å²) in [6.45, 7) is 6.76. The van der Waals surface area contributed by atoms with Crippen molar-refractivity contribution in [3.8, 4) is 0 Å². The maximum absolute atomic E-state index is 11.7. The summed E-state index contributed by atoms with van der Waals surface area (Å²) in [4.78, 5) is 16.2. The zero-order valence-corrected chi connectivity index (χ0v) is 12.3. The molecular weight excluding hydrogens is 252 g/mol. The van der Waals surface area contributed by atoms with E-state index in [4.69, 9.17) is 0 Å². The molecule has 2 amide bonds. The topological polar surface area (TPSA) is 58.4 Å². The largest absolute Gasteiger partial charge is 0.338 e. The molecule has 0 fully saturated rings. The second-order valence-electron chi connectivity index (χ2n) is 5.38. The van der Waals surface area contributed by atoms with E-state index < -0.39 is 0 Å². The summed E-state index contributed by atoms with van der Waals surface area (Å²) in [5, 5.41) is 5.78. The van der Waals surface area contributed by atoms with Crippen molar-refractivity contribution in [1.82, 2.24) is 20.0 Å². The SMILES string of the molecule is CC(C)C(C)NC(=O)NCCc1cn2ccccc2n1. The van der Waals surface area contributed by atoms with Crippen LogP contribution in [-0.4, -0.2) is 28.0 Å². The van der Waals surface area contributed by atoms with Crippen LogP contribution in [0.15, 0.2) is 30.6 Å². The van der Waals surface area contributed by atoms with E-state index in [0.717, 1.165) is 17.8 Å². The molecule has 5 heteroatoms. The van der Waals surface area contributed by atoms with E-state index in [2.05, 4.69) is 29.5 Å². The summed E-state index contributed by atoms with van der Waals surface area (Å²) < 4.78 is 1.98. The number of imidazole rings is 1. The fourth-order valence-electron chi connectivity index (χ4n) is 1.84. The number of nitrogens with one attached hydrogen (secondary N) is 2. The molecule has 108 valence electrons. The van der Waals surface area contributed by atoms with Gasteiger partial charge in [-0.15, -0.1) is 0 Å². The third kappa shape index (κ3) is 3.73. The van der Waals surface area contributed by atoms with Crippen LogP contribution in [0.2, 0.25) is 0 Å². The minimum atomic E-state index is -0.116. The number of rotatable bonds is 5. The molecule has 2 N–H and O–H groups in total. The summed E-state index contributed by atoms with van der Waals surface area (Å²) in [5.41, 5.74) is 1.91. The standard InChI is InChI=1S/C15H22N4O/c1-11(2)12(3)17-15(20)16-8-7-13-10-19-9-5-4-6-14(19)18-13/h4-6,9-12H,7-8H2,1-3H3,(H2,16,17,20). The molecule has 0 bridgehead atoms. The van der Waals surface area contributed by atoms with Gasteiger partial charge in [0.25, 0.3) is 0 Å². The average molecular weight is 274 g/mol. The summed E-state index contributed by atoms with van der Waals surface area (Å²) in [6.07, 6.45) is 4.69. The predicted octanol–water partition coefficient (Wildman–Crippen LogP) is 2.22. The second kappa shape index (κ2) is 6.41. The Hall–Kier alpha value is -2.04. The van der Waals surface area contributed by atoms with E-state index in [1.54, 1.807) is 0 Å². The molecule has 0 aromatic carbocycles. The van der Waals surface area contributed by atoms with Gasteiger partial charge in [0.2, 0.25) is 0 Å². The molecule has 0 saturated heterocycles. The molecule has 1 unspecified atom stereocenters. The molecule has 2 rings (SSSR count). The van der Waals surface area contributed by atoms with Gasteiger partial charge in [-0.25, -0.2) is 9.78 Å². The summed E-state index contributed by atoms with van der Waals surface area (Å²) in [7, 11) is 0. The van der Waals surface area contributed by atoms with E-state index >= 15 is 0 Å². The molecule has 0 aliphatic carbocycles. The van der Waals surface area contributed by atoms with Gasteiger partial charge in [0.1, 0.15) is 5.65 Å². The first kappa shape index (κ1) is 14.4. The highest BCUT2D eigenvalue weighted by Gasteiger charge is 2.10. The number of carbonyl (C=O) groups excluding carboxylic acids is 1. The Morgan fingerprint density at radius 1 is 1.35 bits per heavy atom. The molecule has 0 aliphatic rings. The molecular formula is C15H22N4O. The summed E-state index contributed by atoms with van der Waals surface area (Å²) in [6, 6.07) is 5.96. The summed E-state index contributed by atoms with van der Waals surface area (Å²) in [5.74, 6) is 0.430. The third-order valence-corrected chi connectivity index (χ3v) is 3.44. The van der Waals surface area contributed by atoms with Gasteiger partial charge < -0.3 is 15.0 Å². The van der Waals surface area contributed by atoms with E-state index in [1.807, 2.05) is 41.9 Å². The van der Waals surface area contributed by atoms with Crippen molar-refractivity contribution in [2.45, 2.75) is 33.2 Å². The third-order valence-electron chi connectivity index (χ3n) is 3.44. The number of hydrogen-bond acceptors (Lipinski definition) is 2. The Bertz CT molecular complexity index is 543. The molecule has 2 heterocycles. The van der Waals surface area contributed by atoms with Gasteiger partial charge in [-0.2, -0.15) is 0 Å². The number of carbonyl (C=O) groups is 1. The van der Waals surface area contributed by atoms with Gasteiger partial charge in [-0.3, -0.25) is 0 Å². The predicted molar refractivity (Wildman–Crippen MR) is 79.7 cm³/mol. The first-order valence-corrected chi connectivity index (χ1v) is 7.03. The number of amides is 2. The maximum atomic E-state index is 11.7. The Morgan fingerprint density at radius 2 is 2.15 bits per heavy atom. The fourth-order valence-corrected chi connectivity index (χ4v) is 1.84. The van der Waals surface area contributed by atoms with Crippen molar-refractivity contribution < 1.29 is 4.79 Å². The van der Waals surface area contributed by atoms with Crippen LogP contribution in [0.5, 0.6) is 0 Å². The molecule has 1 atom stereocenters. The zero-order valence-electron chi connectivity index (χ0n) is 12.3. The lowest BCUT2D eigenvalue weighted by atomic mass is 10.1. The van der Waals surface area contributed by atoms with Crippen LogP contribution in [0.4, 0.5) is 4.79 Å². The van der Waals surface area contributed by atoms with Crippen molar-refractivity contribution in [2.75, 3.05) is 6.54 Å².